The van der Waals surface area contributed by atoms with Crippen LogP contribution in [0.25, 0.3) is 0 Å². The largest absolute Gasteiger partial charge is 0.453 e. The van der Waals surface area contributed by atoms with Gasteiger partial charge < -0.3 is 15.0 Å². The number of alkyl carbamates (subject to hydrolysis) is 1. The van der Waals surface area contributed by atoms with E-state index in [1.165, 1.54) is 33.0 Å². The van der Waals surface area contributed by atoms with Crippen LogP contribution in [0.3, 0.4) is 0 Å². The number of nitrogens with zero attached hydrogens (tertiary/aromatic N) is 1. The number of ether oxygens (including phenoxy) is 1. The van der Waals surface area contributed by atoms with Gasteiger partial charge in [0.15, 0.2) is 0 Å². The van der Waals surface area contributed by atoms with Crippen molar-refractivity contribution >= 4 is 6.09 Å². The summed E-state index contributed by atoms with van der Waals surface area (Å²) in [4.78, 5) is 13.4. The molecule has 1 N–H and O–H groups in total. The number of carbonyl (C=O) groups is 1. The lowest BCUT2D eigenvalue weighted by molar-refractivity contribution is 0.0689. The Labute approximate surface area is 78.2 Å². The maximum atomic E-state index is 11.0. The molecule has 0 aliphatic carbocycles. The predicted molar refractivity (Wildman–Crippen MR) is 48.5 cm³/mol. The maximum Gasteiger partial charge on any atom is 0.407 e. The molecule has 4 heteroatoms. The molecule has 3 aliphatic heterocycles. The van der Waals surface area contributed by atoms with Crippen molar-refractivity contribution in [1.29, 1.82) is 0 Å². The highest BCUT2D eigenvalue weighted by Gasteiger charge is 2.34. The summed E-state index contributed by atoms with van der Waals surface area (Å²) in [7, 11) is 1.41. The summed E-state index contributed by atoms with van der Waals surface area (Å²) in [6.45, 7) is 3.40. The van der Waals surface area contributed by atoms with Gasteiger partial charge in [0.05, 0.1) is 7.11 Å². The van der Waals surface area contributed by atoms with E-state index >= 15 is 0 Å². The molecule has 2 bridgehead atoms. The van der Waals surface area contributed by atoms with Crippen LogP contribution in [0.2, 0.25) is 0 Å². The lowest BCUT2D eigenvalue weighted by Crippen LogP contribution is -2.57. The number of nitrogens with one attached hydrogen (secondary N) is 1. The number of rotatable bonds is 1. The molecule has 1 amide bonds. The summed E-state index contributed by atoms with van der Waals surface area (Å²) in [5.74, 6) is 0.670. The van der Waals surface area contributed by atoms with Gasteiger partial charge in [-0.05, 0) is 31.8 Å². The summed E-state index contributed by atoms with van der Waals surface area (Å²) in [6, 6.07) is 0.315. The van der Waals surface area contributed by atoms with Crippen LogP contribution < -0.4 is 5.32 Å². The van der Waals surface area contributed by atoms with Gasteiger partial charge in [-0.3, -0.25) is 0 Å². The van der Waals surface area contributed by atoms with E-state index in [0.29, 0.717) is 12.0 Å². The highest BCUT2D eigenvalue weighted by atomic mass is 16.5. The second-order valence-corrected chi connectivity index (χ2v) is 3.88. The average molecular weight is 184 g/mol. The molecule has 0 saturated carbocycles. The zero-order valence-electron chi connectivity index (χ0n) is 7.95. The fourth-order valence-corrected chi connectivity index (χ4v) is 2.34. The van der Waals surface area contributed by atoms with Gasteiger partial charge in [-0.25, -0.2) is 4.79 Å². The van der Waals surface area contributed by atoms with Gasteiger partial charge in [-0.2, -0.15) is 0 Å². The minimum atomic E-state index is -0.293. The third-order valence-corrected chi connectivity index (χ3v) is 3.14. The quantitative estimate of drug-likeness (QED) is 0.643. The Bertz CT molecular complexity index is 200. The standard InChI is InChI=1S/C9H16N2O2/c1-13-9(12)10-8-6-11-4-2-7(8)3-5-11/h7-8H,2-6H2,1H3,(H,10,12)/t8-/m1/s1. The first-order valence-electron chi connectivity index (χ1n) is 4.86. The third kappa shape index (κ3) is 1.77. The summed E-state index contributed by atoms with van der Waals surface area (Å²) in [5.41, 5.74) is 0. The van der Waals surface area contributed by atoms with E-state index in [4.69, 9.17) is 0 Å². The van der Waals surface area contributed by atoms with E-state index in [-0.39, 0.29) is 6.09 Å². The second-order valence-electron chi connectivity index (χ2n) is 3.88. The van der Waals surface area contributed by atoms with Crippen molar-refractivity contribution in [3.8, 4) is 0 Å². The molecule has 3 rings (SSSR count). The number of methoxy groups -OCH3 is 1. The summed E-state index contributed by atoms with van der Waals surface area (Å²) in [5, 5.41) is 2.90. The number of piperidine rings is 3. The van der Waals surface area contributed by atoms with Crippen molar-refractivity contribution in [1.82, 2.24) is 10.2 Å². The number of hydrogen-bond donors (Lipinski definition) is 1. The van der Waals surface area contributed by atoms with Crippen molar-refractivity contribution < 1.29 is 9.53 Å². The summed E-state index contributed by atoms with van der Waals surface area (Å²) in [6.07, 6.45) is 2.14. The third-order valence-electron chi connectivity index (χ3n) is 3.14. The first-order valence-corrected chi connectivity index (χ1v) is 4.86. The van der Waals surface area contributed by atoms with Crippen molar-refractivity contribution in [3.05, 3.63) is 0 Å². The minimum Gasteiger partial charge on any atom is -0.453 e. The van der Waals surface area contributed by atoms with E-state index in [0.717, 1.165) is 6.54 Å². The smallest absolute Gasteiger partial charge is 0.407 e. The van der Waals surface area contributed by atoms with Gasteiger partial charge in [-0.15, -0.1) is 0 Å². The molecule has 0 aromatic carbocycles. The van der Waals surface area contributed by atoms with E-state index in [1.807, 2.05) is 0 Å². The second kappa shape index (κ2) is 3.54. The van der Waals surface area contributed by atoms with E-state index in [2.05, 4.69) is 15.0 Å². The molecule has 0 radical (unpaired) electrons. The average Bonchev–Trinajstić information content (AvgIpc) is 2.19. The first-order chi connectivity index (χ1) is 6.29. The van der Waals surface area contributed by atoms with Crippen LogP contribution in [0.15, 0.2) is 0 Å². The molecule has 13 heavy (non-hydrogen) atoms. The normalized spacial score (nSPS) is 37.2. The molecule has 3 saturated heterocycles. The highest BCUT2D eigenvalue weighted by molar-refractivity contribution is 5.67. The molecule has 74 valence electrons. The Hall–Kier alpha value is -0.770. The zero-order valence-corrected chi connectivity index (χ0v) is 7.95. The van der Waals surface area contributed by atoms with Crippen molar-refractivity contribution in [2.45, 2.75) is 18.9 Å². The molecule has 3 aliphatic rings. The summed E-state index contributed by atoms with van der Waals surface area (Å²) < 4.78 is 4.59. The number of carbonyl (C=O) groups excluding carboxylic acids is 1. The van der Waals surface area contributed by atoms with E-state index < -0.39 is 0 Å². The van der Waals surface area contributed by atoms with Crippen LogP contribution in [0.4, 0.5) is 4.79 Å². The Balaban J connectivity index is 1.90. The van der Waals surface area contributed by atoms with Gasteiger partial charge in [0.25, 0.3) is 0 Å². The molecule has 4 nitrogen and oxygen atoms in total. The van der Waals surface area contributed by atoms with Crippen LogP contribution in [-0.2, 0) is 4.74 Å². The topological polar surface area (TPSA) is 41.6 Å². The van der Waals surface area contributed by atoms with Gasteiger partial charge in [0.2, 0.25) is 0 Å². The lowest BCUT2D eigenvalue weighted by Gasteiger charge is -2.44. The SMILES string of the molecule is COC(=O)N[C@@H]1CN2CCC1CC2. The Morgan fingerprint density at radius 1 is 1.46 bits per heavy atom. The van der Waals surface area contributed by atoms with Crippen molar-refractivity contribution in [3.63, 3.8) is 0 Å². The molecule has 0 spiro atoms. The molecule has 0 unspecified atom stereocenters. The molecule has 0 aromatic heterocycles. The molecule has 3 heterocycles. The predicted octanol–water partition coefficient (Wildman–Crippen LogP) is 0.437. The molecular weight excluding hydrogens is 168 g/mol. The number of hydrogen-bond acceptors (Lipinski definition) is 3. The Kier molecular flexibility index (Phi) is 2.40. The van der Waals surface area contributed by atoms with E-state index in [1.54, 1.807) is 0 Å². The lowest BCUT2D eigenvalue weighted by atomic mass is 9.84. The Morgan fingerprint density at radius 2 is 2.15 bits per heavy atom. The summed E-state index contributed by atoms with van der Waals surface area (Å²) >= 11 is 0. The van der Waals surface area contributed by atoms with Gasteiger partial charge >= 0.3 is 6.09 Å². The van der Waals surface area contributed by atoms with E-state index in [9.17, 15) is 4.79 Å². The van der Waals surface area contributed by atoms with Gasteiger partial charge in [0.1, 0.15) is 0 Å². The van der Waals surface area contributed by atoms with Crippen LogP contribution >= 0.6 is 0 Å². The molecular formula is C9H16N2O2. The number of amides is 1. The molecule has 1 atom stereocenters. The van der Waals surface area contributed by atoms with Crippen LogP contribution in [0.1, 0.15) is 12.8 Å². The van der Waals surface area contributed by atoms with Crippen LogP contribution in [-0.4, -0.2) is 43.8 Å². The maximum absolute atomic E-state index is 11.0. The van der Waals surface area contributed by atoms with Gasteiger partial charge in [-0.1, -0.05) is 0 Å². The molecule has 3 fully saturated rings. The highest BCUT2D eigenvalue weighted by Crippen LogP contribution is 2.27. The minimum absolute atomic E-state index is 0.293. The van der Waals surface area contributed by atoms with Crippen LogP contribution in [0, 0.1) is 5.92 Å². The molecule has 0 aromatic rings. The van der Waals surface area contributed by atoms with Crippen molar-refractivity contribution in [2.75, 3.05) is 26.7 Å². The fraction of sp³-hybridized carbons (Fsp3) is 0.889. The fourth-order valence-electron chi connectivity index (χ4n) is 2.34. The Morgan fingerprint density at radius 3 is 2.62 bits per heavy atom. The van der Waals surface area contributed by atoms with Gasteiger partial charge in [0, 0.05) is 12.6 Å². The zero-order chi connectivity index (χ0) is 9.26. The number of fused-ring (bicyclic) bond motifs is 3. The monoisotopic (exact) mass is 184 g/mol. The van der Waals surface area contributed by atoms with Crippen LogP contribution in [0.5, 0.6) is 0 Å². The van der Waals surface area contributed by atoms with Crippen molar-refractivity contribution in [2.24, 2.45) is 5.92 Å². The first kappa shape index (κ1) is 8.81.